The van der Waals surface area contributed by atoms with Crippen molar-refractivity contribution in [2.45, 2.75) is 70.5 Å². The Hall–Kier alpha value is -2.68. The number of nitrogens with zero attached hydrogens (tertiary/aromatic N) is 5. The molecule has 200 valence electrons. The number of fused-ring (bicyclic) bond motifs is 2. The molecule has 6 nitrogen and oxygen atoms in total. The molecular formula is C28H36F3N5O. The van der Waals surface area contributed by atoms with Gasteiger partial charge in [-0.25, -0.2) is 0 Å². The van der Waals surface area contributed by atoms with Gasteiger partial charge in [-0.1, -0.05) is 25.0 Å². The Morgan fingerprint density at radius 3 is 2.62 bits per heavy atom. The third-order valence-corrected chi connectivity index (χ3v) is 8.15. The second-order valence-corrected chi connectivity index (χ2v) is 10.9. The summed E-state index contributed by atoms with van der Waals surface area (Å²) in [6.45, 7) is 3.59. The van der Waals surface area contributed by atoms with Gasteiger partial charge < -0.3 is 4.90 Å². The van der Waals surface area contributed by atoms with Gasteiger partial charge in [-0.2, -0.15) is 23.4 Å². The average molecular weight is 516 g/mol. The van der Waals surface area contributed by atoms with Crippen LogP contribution < -0.4 is 0 Å². The molecule has 1 fully saturated rings. The van der Waals surface area contributed by atoms with Gasteiger partial charge in [0.1, 0.15) is 0 Å². The zero-order chi connectivity index (χ0) is 26.0. The number of Topliss-reactive ketones (excluding diaryl/α,β-unsaturated/α-hetero) is 1. The molecule has 0 spiro atoms. The minimum Gasteiger partial charge on any atom is -0.301 e. The number of rotatable bonds is 8. The third kappa shape index (κ3) is 6.61. The second-order valence-electron chi connectivity index (χ2n) is 10.9. The molecule has 0 saturated heterocycles. The first-order valence-electron chi connectivity index (χ1n) is 13.5. The van der Waals surface area contributed by atoms with Crippen molar-refractivity contribution in [1.29, 1.82) is 0 Å². The molecule has 3 heterocycles. The van der Waals surface area contributed by atoms with Crippen molar-refractivity contribution in [1.82, 2.24) is 24.5 Å². The lowest BCUT2D eigenvalue weighted by atomic mass is 9.78. The average Bonchev–Trinajstić information content (AvgIpc) is 3.39. The lowest BCUT2D eigenvalue weighted by Gasteiger charge is -2.30. The molecule has 3 aromatic rings. The topological polar surface area (TPSA) is 56.0 Å². The van der Waals surface area contributed by atoms with E-state index in [4.69, 9.17) is 0 Å². The number of aromatic nitrogens is 4. The lowest BCUT2D eigenvalue weighted by Crippen LogP contribution is -2.30. The standard InChI is InChI=1S/C28H36F3N5O/c1-34-19-25-24(3-2-4-26(25)33-34)27(37)17-21-7-5-20(6-8-21)10-13-35-14-11-23-18-22(9-12-28(29,30)31)32-36(23)16-15-35/h2-4,18-21H,5-17H2,1H3. The number of halogens is 3. The molecule has 0 atom stereocenters. The fourth-order valence-corrected chi connectivity index (χ4v) is 6.01. The monoisotopic (exact) mass is 515 g/mol. The number of carbonyl (C=O) groups is 1. The number of ketones is 1. The SMILES string of the molecule is Cn1cc2c(C(=O)CC3CCC(CCN4CCc5cc(CCC(F)(F)F)nn5CC4)CC3)cccc2n1. The maximum atomic E-state index is 13.1. The zero-order valence-corrected chi connectivity index (χ0v) is 21.5. The lowest BCUT2D eigenvalue weighted by molar-refractivity contribution is -0.134. The van der Waals surface area contributed by atoms with E-state index in [1.807, 2.05) is 42.2 Å². The molecule has 0 N–H and O–H groups in total. The van der Waals surface area contributed by atoms with Crippen LogP contribution in [0.1, 0.15) is 66.7 Å². The van der Waals surface area contributed by atoms with Crippen LogP contribution in [0.3, 0.4) is 0 Å². The minimum absolute atomic E-state index is 0.0410. The van der Waals surface area contributed by atoms with Crippen molar-refractivity contribution in [3.63, 3.8) is 0 Å². The Bertz CT molecular complexity index is 1200. The van der Waals surface area contributed by atoms with Crippen molar-refractivity contribution in [3.8, 4) is 0 Å². The van der Waals surface area contributed by atoms with Gasteiger partial charge in [-0.15, -0.1) is 0 Å². The van der Waals surface area contributed by atoms with E-state index >= 15 is 0 Å². The molecular weight excluding hydrogens is 479 g/mol. The van der Waals surface area contributed by atoms with Crippen LogP contribution in [0.2, 0.25) is 0 Å². The number of alkyl halides is 3. The summed E-state index contributed by atoms with van der Waals surface area (Å²) in [4.78, 5) is 15.5. The summed E-state index contributed by atoms with van der Waals surface area (Å²) in [5.74, 6) is 1.38. The molecule has 9 heteroatoms. The first-order chi connectivity index (χ1) is 17.7. The second kappa shape index (κ2) is 11.0. The van der Waals surface area contributed by atoms with Crippen LogP contribution in [-0.2, 0) is 26.4 Å². The van der Waals surface area contributed by atoms with Crippen LogP contribution in [0, 0.1) is 11.8 Å². The van der Waals surface area contributed by atoms with Crippen molar-refractivity contribution in [2.24, 2.45) is 18.9 Å². The van der Waals surface area contributed by atoms with E-state index in [2.05, 4.69) is 15.1 Å². The molecule has 0 amide bonds. The predicted octanol–water partition coefficient (Wildman–Crippen LogP) is 5.59. The highest BCUT2D eigenvalue weighted by Crippen LogP contribution is 2.34. The van der Waals surface area contributed by atoms with E-state index in [1.54, 1.807) is 4.68 Å². The summed E-state index contributed by atoms with van der Waals surface area (Å²) in [7, 11) is 1.88. The summed E-state index contributed by atoms with van der Waals surface area (Å²) < 4.78 is 41.2. The number of aryl methyl sites for hydroxylation is 2. The fourth-order valence-electron chi connectivity index (χ4n) is 6.01. The normalized spacial score (nSPS) is 21.2. The Morgan fingerprint density at radius 1 is 1.05 bits per heavy atom. The zero-order valence-electron chi connectivity index (χ0n) is 21.5. The van der Waals surface area contributed by atoms with E-state index in [0.717, 1.165) is 74.0 Å². The first kappa shape index (κ1) is 25.9. The summed E-state index contributed by atoms with van der Waals surface area (Å²) in [6, 6.07) is 7.65. The first-order valence-corrected chi connectivity index (χ1v) is 13.5. The highest BCUT2D eigenvalue weighted by molar-refractivity contribution is 6.07. The van der Waals surface area contributed by atoms with Gasteiger partial charge in [-0.3, -0.25) is 14.2 Å². The fraction of sp³-hybridized carbons (Fsp3) is 0.607. The Balaban J connectivity index is 1.04. The number of carbonyl (C=O) groups excluding carboxylic acids is 1. The van der Waals surface area contributed by atoms with E-state index in [0.29, 0.717) is 24.0 Å². The summed E-state index contributed by atoms with van der Waals surface area (Å²) in [6.07, 6.45) is 4.11. The summed E-state index contributed by atoms with van der Waals surface area (Å²) in [5, 5.41) is 9.80. The van der Waals surface area contributed by atoms with Crippen LogP contribution in [0.25, 0.3) is 10.9 Å². The highest BCUT2D eigenvalue weighted by atomic mass is 19.4. The van der Waals surface area contributed by atoms with Gasteiger partial charge in [0.15, 0.2) is 5.78 Å². The molecule has 0 bridgehead atoms. The molecule has 5 rings (SSSR count). The van der Waals surface area contributed by atoms with E-state index in [-0.39, 0.29) is 12.2 Å². The van der Waals surface area contributed by atoms with Crippen LogP contribution in [-0.4, -0.2) is 56.1 Å². The Labute approximate surface area is 215 Å². The van der Waals surface area contributed by atoms with Crippen LogP contribution >= 0.6 is 0 Å². The van der Waals surface area contributed by atoms with Gasteiger partial charge in [0.25, 0.3) is 0 Å². The maximum Gasteiger partial charge on any atom is 0.389 e. The van der Waals surface area contributed by atoms with Crippen molar-refractivity contribution in [3.05, 3.63) is 47.4 Å². The Morgan fingerprint density at radius 2 is 1.84 bits per heavy atom. The molecule has 1 aliphatic heterocycles. The quantitative estimate of drug-likeness (QED) is 0.367. The van der Waals surface area contributed by atoms with Crippen molar-refractivity contribution >= 4 is 16.7 Å². The van der Waals surface area contributed by atoms with Crippen LogP contribution in [0.5, 0.6) is 0 Å². The largest absolute Gasteiger partial charge is 0.389 e. The maximum absolute atomic E-state index is 13.1. The number of hydrogen-bond acceptors (Lipinski definition) is 4. The van der Waals surface area contributed by atoms with E-state index in [9.17, 15) is 18.0 Å². The smallest absolute Gasteiger partial charge is 0.301 e. The molecule has 1 aromatic carbocycles. The Kier molecular flexibility index (Phi) is 7.70. The highest BCUT2D eigenvalue weighted by Gasteiger charge is 2.28. The predicted molar refractivity (Wildman–Crippen MR) is 136 cm³/mol. The molecule has 2 aromatic heterocycles. The summed E-state index contributed by atoms with van der Waals surface area (Å²) >= 11 is 0. The molecule has 37 heavy (non-hydrogen) atoms. The van der Waals surface area contributed by atoms with Gasteiger partial charge in [0, 0.05) is 68.7 Å². The molecule has 0 radical (unpaired) electrons. The molecule has 1 saturated carbocycles. The van der Waals surface area contributed by atoms with Crippen molar-refractivity contribution < 1.29 is 18.0 Å². The van der Waals surface area contributed by atoms with Gasteiger partial charge >= 0.3 is 6.18 Å². The molecule has 1 aliphatic carbocycles. The number of hydrogen-bond donors (Lipinski definition) is 0. The third-order valence-electron chi connectivity index (χ3n) is 8.15. The molecule has 0 unspecified atom stereocenters. The van der Waals surface area contributed by atoms with Gasteiger partial charge in [0.05, 0.1) is 17.8 Å². The van der Waals surface area contributed by atoms with E-state index in [1.165, 1.54) is 12.8 Å². The van der Waals surface area contributed by atoms with Gasteiger partial charge in [0.2, 0.25) is 0 Å². The molecule has 2 aliphatic rings. The minimum atomic E-state index is -4.14. The van der Waals surface area contributed by atoms with Gasteiger partial charge in [-0.05, 0) is 49.8 Å². The van der Waals surface area contributed by atoms with Crippen molar-refractivity contribution in [2.75, 3.05) is 19.6 Å². The van der Waals surface area contributed by atoms with Crippen LogP contribution in [0.15, 0.2) is 30.5 Å². The van der Waals surface area contributed by atoms with Crippen LogP contribution in [0.4, 0.5) is 13.2 Å². The number of benzene rings is 1. The summed E-state index contributed by atoms with van der Waals surface area (Å²) in [5.41, 5.74) is 3.26. The van der Waals surface area contributed by atoms with E-state index < -0.39 is 12.6 Å².